The number of pyridine rings is 1. The first-order valence-electron chi connectivity index (χ1n) is 8.98. The topological polar surface area (TPSA) is 77.0 Å². The minimum Gasteiger partial charge on any atom is -0.493 e. The molecule has 146 valence electrons. The van der Waals surface area contributed by atoms with Crippen molar-refractivity contribution >= 4 is 5.96 Å². The zero-order valence-corrected chi connectivity index (χ0v) is 16.4. The molecule has 2 rings (SSSR count). The Labute approximate surface area is 160 Å². The van der Waals surface area contributed by atoms with Crippen molar-refractivity contribution in [2.45, 2.75) is 26.5 Å². The van der Waals surface area contributed by atoms with Crippen molar-refractivity contribution < 1.29 is 14.2 Å². The van der Waals surface area contributed by atoms with E-state index in [1.807, 2.05) is 56.3 Å². The van der Waals surface area contributed by atoms with E-state index in [1.165, 1.54) is 0 Å². The Bertz CT molecular complexity index is 737. The average molecular weight is 372 g/mol. The van der Waals surface area contributed by atoms with Crippen LogP contribution in [0.15, 0.2) is 47.5 Å². The average Bonchev–Trinajstić information content (AvgIpc) is 2.70. The van der Waals surface area contributed by atoms with Crippen LogP contribution in [0.4, 0.5) is 0 Å². The van der Waals surface area contributed by atoms with Crippen molar-refractivity contribution in [2.24, 2.45) is 4.99 Å². The summed E-state index contributed by atoms with van der Waals surface area (Å²) in [6.45, 7) is 5.82. The second-order valence-corrected chi connectivity index (χ2v) is 5.83. The van der Waals surface area contributed by atoms with Crippen LogP contribution in [-0.4, -0.2) is 44.4 Å². The predicted molar refractivity (Wildman–Crippen MR) is 107 cm³/mol. The molecule has 7 heteroatoms. The van der Waals surface area contributed by atoms with Crippen molar-refractivity contribution in [3.05, 3.63) is 48.2 Å². The molecule has 2 aromatic rings. The van der Waals surface area contributed by atoms with Crippen LogP contribution >= 0.6 is 0 Å². The number of rotatable bonds is 9. The lowest BCUT2D eigenvalue weighted by atomic mass is 10.3. The number of hydrogen-bond acceptors (Lipinski definition) is 5. The van der Waals surface area contributed by atoms with Crippen LogP contribution < -0.4 is 24.8 Å². The molecular formula is C20H28N4O3. The third-order valence-corrected chi connectivity index (χ3v) is 3.69. The van der Waals surface area contributed by atoms with E-state index in [0.29, 0.717) is 30.7 Å². The quantitative estimate of drug-likeness (QED) is 0.520. The van der Waals surface area contributed by atoms with Gasteiger partial charge in [0.15, 0.2) is 17.5 Å². The maximum Gasteiger partial charge on any atom is 0.213 e. The highest BCUT2D eigenvalue weighted by molar-refractivity contribution is 5.79. The number of aliphatic imine (C=N–C) groups is 1. The van der Waals surface area contributed by atoms with Crippen molar-refractivity contribution in [3.63, 3.8) is 0 Å². The van der Waals surface area contributed by atoms with E-state index in [4.69, 9.17) is 14.2 Å². The monoisotopic (exact) mass is 372 g/mol. The number of methoxy groups -OCH3 is 2. The zero-order valence-electron chi connectivity index (χ0n) is 16.4. The highest BCUT2D eigenvalue weighted by atomic mass is 16.5. The van der Waals surface area contributed by atoms with Gasteiger partial charge in [0, 0.05) is 12.6 Å². The number of hydrogen-bond donors (Lipinski definition) is 2. The molecule has 0 bridgehead atoms. The molecule has 2 N–H and O–H groups in total. The summed E-state index contributed by atoms with van der Waals surface area (Å²) in [4.78, 5) is 8.94. The molecule has 1 unspecified atom stereocenters. The van der Waals surface area contributed by atoms with Crippen LogP contribution in [0.1, 0.15) is 19.5 Å². The summed E-state index contributed by atoms with van der Waals surface area (Å²) in [5, 5.41) is 6.51. The highest BCUT2D eigenvalue weighted by Crippen LogP contribution is 2.26. The lowest BCUT2D eigenvalue weighted by Gasteiger charge is -2.19. The van der Waals surface area contributed by atoms with E-state index < -0.39 is 0 Å². The van der Waals surface area contributed by atoms with Crippen molar-refractivity contribution in [2.75, 3.05) is 27.3 Å². The van der Waals surface area contributed by atoms with Crippen LogP contribution in [0.5, 0.6) is 17.4 Å². The number of benzene rings is 1. The molecule has 0 amide bonds. The van der Waals surface area contributed by atoms with E-state index in [2.05, 4.69) is 20.6 Å². The number of nitrogens with zero attached hydrogens (tertiary/aromatic N) is 2. The predicted octanol–water partition coefficient (Wildman–Crippen LogP) is 2.62. The van der Waals surface area contributed by atoms with Gasteiger partial charge >= 0.3 is 0 Å². The molecule has 0 radical (unpaired) electrons. The molecule has 0 fully saturated rings. The Morgan fingerprint density at radius 2 is 1.81 bits per heavy atom. The number of para-hydroxylation sites is 2. The Morgan fingerprint density at radius 3 is 2.52 bits per heavy atom. The molecule has 0 saturated carbocycles. The molecule has 7 nitrogen and oxygen atoms in total. The molecule has 0 aliphatic carbocycles. The molecule has 0 saturated heterocycles. The first-order chi connectivity index (χ1) is 13.2. The van der Waals surface area contributed by atoms with E-state index in [1.54, 1.807) is 14.2 Å². The number of nitrogens with one attached hydrogen (secondary N) is 2. The smallest absolute Gasteiger partial charge is 0.213 e. The molecule has 1 aromatic carbocycles. The Morgan fingerprint density at radius 1 is 1.04 bits per heavy atom. The summed E-state index contributed by atoms with van der Waals surface area (Å²) in [6, 6.07) is 13.2. The van der Waals surface area contributed by atoms with Crippen molar-refractivity contribution in [3.8, 4) is 17.4 Å². The van der Waals surface area contributed by atoms with Gasteiger partial charge in [-0.25, -0.2) is 9.98 Å². The van der Waals surface area contributed by atoms with Gasteiger partial charge in [0.1, 0.15) is 6.10 Å². The molecule has 1 atom stereocenters. The molecular weight excluding hydrogens is 344 g/mol. The summed E-state index contributed by atoms with van der Waals surface area (Å²) < 4.78 is 16.4. The van der Waals surface area contributed by atoms with Crippen molar-refractivity contribution in [1.82, 2.24) is 15.6 Å². The van der Waals surface area contributed by atoms with Gasteiger partial charge in [-0.2, -0.15) is 0 Å². The normalized spacial score (nSPS) is 12.2. The van der Waals surface area contributed by atoms with Crippen LogP contribution in [0.2, 0.25) is 0 Å². The van der Waals surface area contributed by atoms with Gasteiger partial charge in [-0.1, -0.05) is 18.2 Å². The maximum absolute atomic E-state index is 5.96. The van der Waals surface area contributed by atoms with Crippen LogP contribution in [-0.2, 0) is 6.54 Å². The highest BCUT2D eigenvalue weighted by Gasteiger charge is 2.09. The fourth-order valence-corrected chi connectivity index (χ4v) is 2.38. The summed E-state index contributed by atoms with van der Waals surface area (Å²) in [5.74, 6) is 2.72. The van der Waals surface area contributed by atoms with Gasteiger partial charge in [-0.05, 0) is 32.0 Å². The lowest BCUT2D eigenvalue weighted by molar-refractivity contribution is 0.213. The summed E-state index contributed by atoms with van der Waals surface area (Å²) in [5.41, 5.74) is 0.838. The van der Waals surface area contributed by atoms with Gasteiger partial charge in [-0.15, -0.1) is 0 Å². The molecule has 1 aromatic heterocycles. The minimum atomic E-state index is -0.0694. The second kappa shape index (κ2) is 10.9. The molecule has 0 aliphatic rings. The molecule has 27 heavy (non-hydrogen) atoms. The van der Waals surface area contributed by atoms with E-state index in [0.717, 1.165) is 18.0 Å². The number of aromatic nitrogens is 1. The Hall–Kier alpha value is -2.96. The first-order valence-corrected chi connectivity index (χ1v) is 8.98. The second-order valence-electron chi connectivity index (χ2n) is 5.83. The summed E-state index contributed by atoms with van der Waals surface area (Å²) >= 11 is 0. The fourth-order valence-electron chi connectivity index (χ4n) is 2.38. The minimum absolute atomic E-state index is 0.0694. The zero-order chi connectivity index (χ0) is 19.5. The third kappa shape index (κ3) is 6.69. The summed E-state index contributed by atoms with van der Waals surface area (Å²) in [6.07, 6.45) is -0.0694. The first kappa shape index (κ1) is 20.4. The Kier molecular flexibility index (Phi) is 8.22. The van der Waals surface area contributed by atoms with E-state index >= 15 is 0 Å². The van der Waals surface area contributed by atoms with Crippen LogP contribution in [0.25, 0.3) is 0 Å². The summed E-state index contributed by atoms with van der Waals surface area (Å²) in [7, 11) is 3.23. The van der Waals surface area contributed by atoms with E-state index in [-0.39, 0.29) is 6.10 Å². The third-order valence-electron chi connectivity index (χ3n) is 3.69. The van der Waals surface area contributed by atoms with Gasteiger partial charge in [-0.3, -0.25) is 0 Å². The van der Waals surface area contributed by atoms with Crippen LogP contribution in [0, 0.1) is 0 Å². The van der Waals surface area contributed by atoms with Gasteiger partial charge in [0.25, 0.3) is 0 Å². The number of ether oxygens (including phenoxy) is 3. The Balaban J connectivity index is 1.92. The molecule has 0 aliphatic heterocycles. The van der Waals surface area contributed by atoms with Crippen LogP contribution in [0.3, 0.4) is 0 Å². The number of guanidine groups is 1. The van der Waals surface area contributed by atoms with Gasteiger partial charge in [0.05, 0.1) is 33.0 Å². The lowest BCUT2D eigenvalue weighted by Crippen LogP contribution is -2.41. The molecule has 0 spiro atoms. The fraction of sp³-hybridized carbons (Fsp3) is 0.400. The van der Waals surface area contributed by atoms with Gasteiger partial charge < -0.3 is 24.8 Å². The largest absolute Gasteiger partial charge is 0.493 e. The van der Waals surface area contributed by atoms with Gasteiger partial charge in [0.2, 0.25) is 5.88 Å². The molecule has 1 heterocycles. The maximum atomic E-state index is 5.96. The standard InChI is InChI=1S/C20H28N4O3/c1-5-21-20(23-14-16-9-8-12-19(24-16)26-4)22-13-15(2)27-18-11-7-6-10-17(18)25-3/h6-12,15H,5,13-14H2,1-4H3,(H2,21,22,23). The van der Waals surface area contributed by atoms with E-state index in [9.17, 15) is 0 Å². The van der Waals surface area contributed by atoms with Crippen molar-refractivity contribution in [1.29, 1.82) is 0 Å². The SMILES string of the molecule is CCNC(=NCc1cccc(OC)n1)NCC(C)Oc1ccccc1OC.